The molecule has 1 saturated heterocycles. The lowest BCUT2D eigenvalue weighted by molar-refractivity contribution is -0.137. The van der Waals surface area contributed by atoms with Gasteiger partial charge in [-0.1, -0.05) is 32.4 Å². The highest BCUT2D eigenvalue weighted by Crippen LogP contribution is 2.36. The minimum absolute atomic E-state index is 0.0685. The Morgan fingerprint density at radius 3 is 2.44 bits per heavy atom. The highest BCUT2D eigenvalue weighted by atomic mass is 16.5. The van der Waals surface area contributed by atoms with Crippen molar-refractivity contribution in [1.29, 1.82) is 0 Å². The highest BCUT2D eigenvalue weighted by molar-refractivity contribution is 6.01. The van der Waals surface area contributed by atoms with Crippen LogP contribution in [0.4, 0.5) is 5.69 Å². The number of benzene rings is 1. The summed E-state index contributed by atoms with van der Waals surface area (Å²) >= 11 is 0. The van der Waals surface area contributed by atoms with E-state index in [1.807, 2.05) is 12.1 Å². The van der Waals surface area contributed by atoms with E-state index < -0.39 is 18.4 Å². The van der Waals surface area contributed by atoms with Crippen LogP contribution in [0.25, 0.3) is 5.76 Å². The van der Waals surface area contributed by atoms with Crippen LogP contribution in [0, 0.1) is 12.8 Å². The van der Waals surface area contributed by atoms with E-state index in [-0.39, 0.29) is 18.0 Å². The molecule has 1 aromatic carbocycles. The van der Waals surface area contributed by atoms with Gasteiger partial charge in [-0.3, -0.25) is 14.6 Å². The topological polar surface area (TPSA) is 115 Å². The molecule has 3 N–H and O–H groups in total. The zero-order chi connectivity index (χ0) is 24.1. The largest absolute Gasteiger partial charge is 0.505 e. The Morgan fingerprint density at radius 1 is 1.25 bits per heavy atom. The molecule has 9 nitrogen and oxygen atoms in total. The van der Waals surface area contributed by atoms with Gasteiger partial charge in [0, 0.05) is 36.1 Å². The molecule has 9 heteroatoms. The summed E-state index contributed by atoms with van der Waals surface area (Å²) in [4.78, 5) is 25.4. The van der Waals surface area contributed by atoms with Gasteiger partial charge in [0.05, 0.1) is 19.8 Å². The first-order valence-corrected chi connectivity index (χ1v) is 10.4. The summed E-state index contributed by atoms with van der Waals surface area (Å²) in [5.41, 5.74) is 2.30. The van der Waals surface area contributed by atoms with Gasteiger partial charge in [0.2, 0.25) is 0 Å². The van der Waals surface area contributed by atoms with Crippen molar-refractivity contribution in [3.05, 3.63) is 35.0 Å². The van der Waals surface area contributed by atoms with Crippen LogP contribution in [0.15, 0.2) is 29.0 Å². The number of aliphatic carboxylic acids is 1. The summed E-state index contributed by atoms with van der Waals surface area (Å²) in [7, 11) is 0. The maximum Gasteiger partial charge on any atom is 0.322 e. The first kappa shape index (κ1) is 26.5. The molecule has 174 valence electrons. The molecule has 0 aromatic heterocycles. The number of rotatable bonds is 5. The third-order valence-electron chi connectivity index (χ3n) is 4.42. The number of nitrogens with one attached hydrogen (secondary N) is 1. The molecular weight excluding hydrogens is 412 g/mol. The molecule has 2 heterocycles. The van der Waals surface area contributed by atoms with E-state index in [0.717, 1.165) is 24.3 Å². The fourth-order valence-corrected chi connectivity index (χ4v) is 3.24. The van der Waals surface area contributed by atoms with Crippen LogP contribution >= 0.6 is 0 Å². The number of hydrazone groups is 1. The first-order chi connectivity index (χ1) is 15.4. The normalized spacial score (nSPS) is 15.2. The maximum absolute atomic E-state index is 12.5. The number of aliphatic hydroxyl groups excluding tert-OH is 1. The van der Waals surface area contributed by atoms with Gasteiger partial charge in [-0.25, -0.2) is 0 Å². The average Bonchev–Trinajstić information content (AvgIpc) is 2.80. The van der Waals surface area contributed by atoms with Crippen LogP contribution in [-0.4, -0.2) is 66.2 Å². The number of anilines is 1. The zero-order valence-electron chi connectivity index (χ0n) is 18.9. The number of amides is 1. The number of terminal acetylenes is 1. The Hall–Kier alpha value is -3.51. The first-order valence-electron chi connectivity index (χ1n) is 10.4. The van der Waals surface area contributed by atoms with E-state index in [4.69, 9.17) is 9.84 Å². The average molecular weight is 445 g/mol. The molecule has 0 radical (unpaired) electrons. The van der Waals surface area contributed by atoms with Crippen molar-refractivity contribution in [3.8, 4) is 12.8 Å². The number of hydrogen-bond acceptors (Lipinski definition) is 7. The molecule has 1 fully saturated rings. The van der Waals surface area contributed by atoms with Crippen LogP contribution in [0.3, 0.4) is 0 Å². The summed E-state index contributed by atoms with van der Waals surface area (Å²) in [6.45, 7) is 8.43. The van der Waals surface area contributed by atoms with Crippen LogP contribution in [-0.2, 0) is 20.9 Å². The van der Waals surface area contributed by atoms with Crippen LogP contribution in [0.5, 0.6) is 0 Å². The third-order valence-corrected chi connectivity index (χ3v) is 4.42. The zero-order valence-corrected chi connectivity index (χ0v) is 18.9. The van der Waals surface area contributed by atoms with Gasteiger partial charge in [0.1, 0.15) is 6.54 Å². The Morgan fingerprint density at radius 2 is 1.88 bits per heavy atom. The number of fused-ring (bicyclic) bond motifs is 1. The lowest BCUT2D eigenvalue weighted by Crippen LogP contribution is -2.40. The highest BCUT2D eigenvalue weighted by Gasteiger charge is 2.32. The molecule has 0 aliphatic carbocycles. The second-order valence-electron chi connectivity index (χ2n) is 6.81. The Balaban J connectivity index is 0.000000944. The van der Waals surface area contributed by atoms with E-state index >= 15 is 0 Å². The Kier molecular flexibility index (Phi) is 11.4. The van der Waals surface area contributed by atoms with Crippen molar-refractivity contribution < 1.29 is 24.5 Å². The van der Waals surface area contributed by atoms with E-state index in [2.05, 4.69) is 42.0 Å². The summed E-state index contributed by atoms with van der Waals surface area (Å²) in [6.07, 6.45) is 10.8. The summed E-state index contributed by atoms with van der Waals surface area (Å²) in [6, 6.07) is 5.54. The second kappa shape index (κ2) is 13.7. The summed E-state index contributed by atoms with van der Waals surface area (Å²) in [5, 5.41) is 27.4. The summed E-state index contributed by atoms with van der Waals surface area (Å²) < 4.78 is 5.41. The molecule has 0 atom stereocenters. The summed E-state index contributed by atoms with van der Waals surface area (Å²) in [5.74, 6) is -2.08. The van der Waals surface area contributed by atoms with Crippen molar-refractivity contribution in [2.45, 2.75) is 33.7 Å². The number of carbonyl (C=O) groups is 2. The van der Waals surface area contributed by atoms with Crippen molar-refractivity contribution in [1.82, 2.24) is 10.3 Å². The van der Waals surface area contributed by atoms with Crippen LogP contribution in [0.1, 0.15) is 38.3 Å². The molecule has 2 aliphatic rings. The smallest absolute Gasteiger partial charge is 0.322 e. The van der Waals surface area contributed by atoms with Gasteiger partial charge in [-0.15, -0.1) is 12.8 Å². The quantitative estimate of drug-likeness (QED) is 0.472. The van der Waals surface area contributed by atoms with Gasteiger partial charge in [-0.05, 0) is 13.0 Å². The van der Waals surface area contributed by atoms with Crippen LogP contribution < -0.4 is 10.2 Å². The molecule has 0 spiro atoms. The number of carboxylic acids is 1. The van der Waals surface area contributed by atoms with E-state index in [0.29, 0.717) is 18.8 Å². The fourth-order valence-electron chi connectivity index (χ4n) is 3.24. The number of nitrogens with zero attached hydrogens (tertiary/aromatic N) is 3. The molecule has 0 saturated carbocycles. The van der Waals surface area contributed by atoms with Crippen molar-refractivity contribution >= 4 is 29.5 Å². The molecule has 3 rings (SSSR count). The van der Waals surface area contributed by atoms with E-state index in [1.165, 1.54) is 17.6 Å². The van der Waals surface area contributed by atoms with Crippen molar-refractivity contribution in [2.75, 3.05) is 37.7 Å². The van der Waals surface area contributed by atoms with Gasteiger partial charge >= 0.3 is 5.97 Å². The molecule has 1 amide bonds. The van der Waals surface area contributed by atoms with Crippen molar-refractivity contribution in [3.63, 3.8) is 0 Å². The number of morpholine rings is 1. The van der Waals surface area contributed by atoms with Gasteiger partial charge in [0.15, 0.2) is 11.5 Å². The van der Waals surface area contributed by atoms with Crippen LogP contribution in [0.2, 0.25) is 0 Å². The predicted octanol–water partition coefficient (Wildman–Crippen LogP) is 2.44. The SMILES string of the molecule is C#C.C/C=N\N1Cc2c(cccc2N2CCOCC2)C(O)=C1C(=O)NCC(=O)O.CCC. The van der Waals surface area contributed by atoms with E-state index in [9.17, 15) is 14.7 Å². The number of aliphatic hydroxyl groups is 1. The minimum atomic E-state index is -1.17. The van der Waals surface area contributed by atoms with Gasteiger partial charge in [-0.2, -0.15) is 5.10 Å². The Bertz CT molecular complexity index is 857. The lowest BCUT2D eigenvalue weighted by atomic mass is 9.97. The molecule has 32 heavy (non-hydrogen) atoms. The van der Waals surface area contributed by atoms with Gasteiger partial charge in [0.25, 0.3) is 5.91 Å². The third kappa shape index (κ3) is 6.75. The van der Waals surface area contributed by atoms with Gasteiger partial charge < -0.3 is 25.2 Å². The number of carbonyl (C=O) groups excluding carboxylic acids is 1. The molecule has 2 aliphatic heterocycles. The standard InChI is InChI=1S/C18H22N4O5.C3H8.C2H2/c1-2-20-22-11-13-12(17(25)16(22)18(26)19-10-15(23)24)4-3-5-14(13)21-6-8-27-9-7-21;1-3-2;1-2/h2-5,25H,6-11H2,1H3,(H,19,26)(H,23,24);3H2,1-2H3;1-2H/b20-2-;;. The number of ether oxygens (including phenoxy) is 1. The molecule has 0 unspecified atom stereocenters. The number of carboxylic acid groups (broad SMARTS) is 1. The second-order valence-corrected chi connectivity index (χ2v) is 6.81. The minimum Gasteiger partial charge on any atom is -0.505 e. The van der Waals surface area contributed by atoms with Crippen molar-refractivity contribution in [2.24, 2.45) is 5.10 Å². The molecule has 1 aromatic rings. The monoisotopic (exact) mass is 444 g/mol. The predicted molar refractivity (Wildman–Crippen MR) is 125 cm³/mol. The lowest BCUT2D eigenvalue weighted by Gasteiger charge is -2.35. The maximum atomic E-state index is 12.5. The Labute approximate surface area is 189 Å². The molecular formula is C23H32N4O5. The number of hydrogen-bond donors (Lipinski definition) is 3. The molecule has 0 bridgehead atoms. The fraction of sp³-hybridized carbons (Fsp3) is 0.435. The van der Waals surface area contributed by atoms with E-state index in [1.54, 1.807) is 13.0 Å².